The normalized spacial score (nSPS) is 23.9. The fourth-order valence-corrected chi connectivity index (χ4v) is 3.21. The van der Waals surface area contributed by atoms with E-state index in [-0.39, 0.29) is 6.10 Å². The van der Waals surface area contributed by atoms with Crippen LogP contribution in [0.2, 0.25) is 0 Å². The molecule has 2 aliphatic rings. The maximum absolute atomic E-state index is 6.49. The molecule has 2 saturated carbocycles. The second kappa shape index (κ2) is 6.50. The second-order valence-corrected chi connectivity index (χ2v) is 7.58. The van der Waals surface area contributed by atoms with E-state index in [4.69, 9.17) is 4.74 Å². The lowest BCUT2D eigenvalue weighted by atomic mass is 9.76. The second-order valence-electron chi connectivity index (χ2n) is 7.58. The van der Waals surface area contributed by atoms with Crippen molar-refractivity contribution in [1.82, 2.24) is 5.32 Å². The Morgan fingerprint density at radius 3 is 2.38 bits per heavy atom. The van der Waals surface area contributed by atoms with Gasteiger partial charge in [-0.25, -0.2) is 0 Å². The highest BCUT2D eigenvalue weighted by Crippen LogP contribution is 2.37. The van der Waals surface area contributed by atoms with Gasteiger partial charge in [-0.1, -0.05) is 44.2 Å². The Morgan fingerprint density at radius 1 is 1.10 bits per heavy atom. The molecule has 2 heteroatoms. The molecular formula is C19H29NO. The lowest BCUT2D eigenvalue weighted by Crippen LogP contribution is -2.31. The molecule has 116 valence electrons. The summed E-state index contributed by atoms with van der Waals surface area (Å²) in [5.41, 5.74) is 1.82. The molecule has 0 heterocycles. The zero-order chi connectivity index (χ0) is 14.7. The first kappa shape index (κ1) is 15.1. The summed E-state index contributed by atoms with van der Waals surface area (Å²) in [6, 6.07) is 11.5. The van der Waals surface area contributed by atoms with Gasteiger partial charge in [0, 0.05) is 12.6 Å². The summed E-state index contributed by atoms with van der Waals surface area (Å²) in [6.45, 7) is 5.72. The number of hydrogen-bond donors (Lipinski definition) is 1. The standard InChI is InChI=1S/C19H29NO/c1-19(2)12-10-17(11-13-19)21-18(14-20-16-8-9-16)15-6-4-3-5-7-15/h3-7,16-18,20H,8-14H2,1-2H3. The quantitative estimate of drug-likeness (QED) is 0.833. The van der Waals surface area contributed by atoms with Gasteiger partial charge < -0.3 is 10.1 Å². The Morgan fingerprint density at radius 2 is 1.76 bits per heavy atom. The lowest BCUT2D eigenvalue weighted by Gasteiger charge is -2.36. The van der Waals surface area contributed by atoms with E-state index >= 15 is 0 Å². The molecule has 1 aromatic rings. The minimum absolute atomic E-state index is 0.206. The SMILES string of the molecule is CC1(C)CCC(OC(CNC2CC2)c2ccccc2)CC1. The van der Waals surface area contributed by atoms with Gasteiger partial charge in [0.05, 0.1) is 12.2 Å². The third-order valence-corrected chi connectivity index (χ3v) is 4.98. The van der Waals surface area contributed by atoms with Crippen molar-refractivity contribution in [2.75, 3.05) is 6.54 Å². The summed E-state index contributed by atoms with van der Waals surface area (Å²) in [6.07, 6.45) is 8.30. The molecule has 0 spiro atoms. The Bertz CT molecular complexity index is 428. The average Bonchev–Trinajstić information content (AvgIpc) is 3.30. The molecule has 21 heavy (non-hydrogen) atoms. The monoisotopic (exact) mass is 287 g/mol. The highest BCUT2D eigenvalue weighted by molar-refractivity contribution is 5.18. The van der Waals surface area contributed by atoms with Crippen molar-refractivity contribution in [2.45, 2.75) is 70.6 Å². The highest BCUT2D eigenvalue weighted by atomic mass is 16.5. The summed E-state index contributed by atoms with van der Waals surface area (Å²) in [7, 11) is 0. The number of hydrogen-bond acceptors (Lipinski definition) is 2. The van der Waals surface area contributed by atoms with Crippen LogP contribution in [0, 0.1) is 5.41 Å². The fraction of sp³-hybridized carbons (Fsp3) is 0.684. The summed E-state index contributed by atoms with van der Waals surface area (Å²) >= 11 is 0. The molecule has 2 fully saturated rings. The van der Waals surface area contributed by atoms with E-state index in [2.05, 4.69) is 49.5 Å². The van der Waals surface area contributed by atoms with E-state index in [1.165, 1.54) is 44.1 Å². The van der Waals surface area contributed by atoms with E-state index in [1.807, 2.05) is 0 Å². The first-order chi connectivity index (χ1) is 10.1. The zero-order valence-electron chi connectivity index (χ0n) is 13.5. The zero-order valence-corrected chi connectivity index (χ0v) is 13.5. The Kier molecular flexibility index (Phi) is 4.66. The highest BCUT2D eigenvalue weighted by Gasteiger charge is 2.30. The fourth-order valence-electron chi connectivity index (χ4n) is 3.21. The Hall–Kier alpha value is -0.860. The van der Waals surface area contributed by atoms with E-state index in [0.29, 0.717) is 11.5 Å². The van der Waals surface area contributed by atoms with Gasteiger partial charge in [-0.15, -0.1) is 0 Å². The minimum Gasteiger partial charge on any atom is -0.369 e. The van der Waals surface area contributed by atoms with Crippen molar-refractivity contribution in [2.24, 2.45) is 5.41 Å². The number of nitrogens with one attached hydrogen (secondary N) is 1. The summed E-state index contributed by atoms with van der Waals surface area (Å²) < 4.78 is 6.49. The maximum atomic E-state index is 6.49. The van der Waals surface area contributed by atoms with Crippen LogP contribution < -0.4 is 5.32 Å². The van der Waals surface area contributed by atoms with Crippen molar-refractivity contribution in [3.8, 4) is 0 Å². The van der Waals surface area contributed by atoms with E-state index in [1.54, 1.807) is 0 Å². The van der Waals surface area contributed by atoms with E-state index < -0.39 is 0 Å². The first-order valence-corrected chi connectivity index (χ1v) is 8.56. The lowest BCUT2D eigenvalue weighted by molar-refractivity contribution is -0.0461. The van der Waals surface area contributed by atoms with Gasteiger partial charge in [0.2, 0.25) is 0 Å². The van der Waals surface area contributed by atoms with Gasteiger partial charge >= 0.3 is 0 Å². The molecular weight excluding hydrogens is 258 g/mol. The Labute approximate surface area is 129 Å². The summed E-state index contributed by atoms with van der Waals surface area (Å²) in [5, 5.41) is 3.64. The van der Waals surface area contributed by atoms with Crippen LogP contribution in [0.25, 0.3) is 0 Å². The Balaban J connectivity index is 1.59. The largest absolute Gasteiger partial charge is 0.369 e. The van der Waals surface area contributed by atoms with Crippen LogP contribution in [-0.4, -0.2) is 18.7 Å². The molecule has 1 aromatic carbocycles. The predicted molar refractivity (Wildman–Crippen MR) is 87.3 cm³/mol. The summed E-state index contributed by atoms with van der Waals surface area (Å²) in [5.74, 6) is 0. The van der Waals surface area contributed by atoms with Gasteiger partial charge in [0.25, 0.3) is 0 Å². The van der Waals surface area contributed by atoms with Gasteiger partial charge in [-0.3, -0.25) is 0 Å². The minimum atomic E-state index is 0.206. The van der Waals surface area contributed by atoms with Crippen molar-refractivity contribution in [1.29, 1.82) is 0 Å². The van der Waals surface area contributed by atoms with Crippen molar-refractivity contribution in [3.05, 3.63) is 35.9 Å². The van der Waals surface area contributed by atoms with Crippen LogP contribution in [0.4, 0.5) is 0 Å². The third-order valence-electron chi connectivity index (χ3n) is 4.98. The molecule has 0 radical (unpaired) electrons. The van der Waals surface area contributed by atoms with Gasteiger partial charge in [-0.2, -0.15) is 0 Å². The van der Waals surface area contributed by atoms with Crippen molar-refractivity contribution < 1.29 is 4.74 Å². The number of rotatable bonds is 6. The molecule has 2 nitrogen and oxygen atoms in total. The molecule has 1 atom stereocenters. The van der Waals surface area contributed by atoms with Crippen LogP contribution in [0.15, 0.2) is 30.3 Å². The molecule has 0 saturated heterocycles. The average molecular weight is 287 g/mol. The van der Waals surface area contributed by atoms with E-state index in [0.717, 1.165) is 12.6 Å². The van der Waals surface area contributed by atoms with Crippen LogP contribution in [-0.2, 0) is 4.74 Å². The molecule has 0 amide bonds. The predicted octanol–water partition coefficient (Wildman–Crippen LogP) is 4.47. The van der Waals surface area contributed by atoms with Crippen LogP contribution >= 0.6 is 0 Å². The molecule has 2 aliphatic carbocycles. The summed E-state index contributed by atoms with van der Waals surface area (Å²) in [4.78, 5) is 0. The maximum Gasteiger partial charge on any atom is 0.0953 e. The molecule has 0 aliphatic heterocycles. The molecule has 0 aromatic heterocycles. The van der Waals surface area contributed by atoms with Gasteiger partial charge in [0.15, 0.2) is 0 Å². The van der Waals surface area contributed by atoms with Gasteiger partial charge in [-0.05, 0) is 49.5 Å². The van der Waals surface area contributed by atoms with Crippen molar-refractivity contribution in [3.63, 3.8) is 0 Å². The molecule has 0 bridgehead atoms. The molecule has 3 rings (SSSR count). The first-order valence-electron chi connectivity index (χ1n) is 8.56. The van der Waals surface area contributed by atoms with Gasteiger partial charge in [0.1, 0.15) is 0 Å². The van der Waals surface area contributed by atoms with Crippen LogP contribution in [0.3, 0.4) is 0 Å². The van der Waals surface area contributed by atoms with Crippen LogP contribution in [0.5, 0.6) is 0 Å². The number of benzene rings is 1. The number of ether oxygens (including phenoxy) is 1. The topological polar surface area (TPSA) is 21.3 Å². The van der Waals surface area contributed by atoms with E-state index in [9.17, 15) is 0 Å². The molecule has 1 N–H and O–H groups in total. The molecule has 1 unspecified atom stereocenters. The third kappa shape index (κ3) is 4.55. The smallest absolute Gasteiger partial charge is 0.0953 e. The van der Waals surface area contributed by atoms with Crippen LogP contribution in [0.1, 0.15) is 64.0 Å². The van der Waals surface area contributed by atoms with Crippen molar-refractivity contribution >= 4 is 0 Å².